The summed E-state index contributed by atoms with van der Waals surface area (Å²) in [6.45, 7) is 15.5. The fourth-order valence-corrected chi connectivity index (χ4v) is 6.79. The SMILES string of the molecule is C=C(C)COC(COP(OCCC#N)N(C(C)C)C(C)C)COC(c1ccccc1)(c1ccc(OC)cc1)c1ccc(OC)cc1. The van der Waals surface area contributed by atoms with Crippen molar-refractivity contribution < 1.29 is 28.0 Å². The minimum absolute atomic E-state index is 0.176. The van der Waals surface area contributed by atoms with E-state index in [-0.39, 0.29) is 38.3 Å². The molecule has 0 saturated carbocycles. The van der Waals surface area contributed by atoms with E-state index in [9.17, 15) is 0 Å². The predicted molar refractivity (Wildman–Crippen MR) is 184 cm³/mol. The molecule has 9 heteroatoms. The molecule has 0 bridgehead atoms. The minimum Gasteiger partial charge on any atom is -0.497 e. The molecule has 0 aliphatic carbocycles. The highest BCUT2D eigenvalue weighted by molar-refractivity contribution is 7.44. The zero-order valence-corrected chi connectivity index (χ0v) is 29.2. The Hall–Kier alpha value is -3.28. The molecule has 3 aromatic rings. The number of ether oxygens (including phenoxy) is 4. The summed E-state index contributed by atoms with van der Waals surface area (Å²) in [5.41, 5.74) is 2.70. The first-order valence-corrected chi connectivity index (χ1v) is 16.7. The zero-order chi connectivity index (χ0) is 33.5. The number of hydrogen-bond acceptors (Lipinski definition) is 8. The highest BCUT2D eigenvalue weighted by Gasteiger charge is 2.39. The molecule has 0 heterocycles. The Labute approximate surface area is 276 Å². The van der Waals surface area contributed by atoms with Crippen molar-refractivity contribution in [3.8, 4) is 17.6 Å². The highest BCUT2D eigenvalue weighted by atomic mass is 31.2. The molecule has 248 valence electrons. The van der Waals surface area contributed by atoms with Crippen molar-refractivity contribution in [2.45, 2.75) is 64.8 Å². The Kier molecular flexibility index (Phi) is 15.2. The van der Waals surface area contributed by atoms with E-state index < -0.39 is 20.2 Å². The lowest BCUT2D eigenvalue weighted by molar-refractivity contribution is -0.0739. The van der Waals surface area contributed by atoms with Crippen LogP contribution < -0.4 is 9.47 Å². The monoisotopic (exact) mass is 648 g/mol. The van der Waals surface area contributed by atoms with Gasteiger partial charge in [0.25, 0.3) is 8.53 Å². The molecular formula is C37H49N2O6P. The third-order valence-electron chi connectivity index (χ3n) is 7.26. The molecule has 0 amide bonds. The van der Waals surface area contributed by atoms with Crippen LogP contribution in [0.3, 0.4) is 0 Å². The van der Waals surface area contributed by atoms with E-state index in [0.717, 1.165) is 33.8 Å². The molecule has 0 saturated heterocycles. The van der Waals surface area contributed by atoms with Gasteiger partial charge >= 0.3 is 0 Å². The third kappa shape index (κ3) is 10.1. The van der Waals surface area contributed by atoms with Crippen molar-refractivity contribution in [3.05, 3.63) is 108 Å². The Morgan fingerprint density at radius 2 is 1.33 bits per heavy atom. The van der Waals surface area contributed by atoms with Gasteiger partial charge in [0.05, 0.1) is 53.1 Å². The maximum Gasteiger partial charge on any atom is 0.259 e. The quantitative estimate of drug-likeness (QED) is 0.0524. The summed E-state index contributed by atoms with van der Waals surface area (Å²) in [4.78, 5) is 0. The van der Waals surface area contributed by atoms with E-state index >= 15 is 0 Å². The standard InChI is InChI=1S/C37H49N2O6P/c1-28(2)25-42-36(27-45-46(44-24-12-23-38)39(29(3)4)30(5)6)26-43-37(31-13-10-9-11-14-31,32-15-19-34(40-7)20-16-32)33-17-21-35(41-8)22-18-33/h9-11,13-22,29-30,36H,1,12,24-27H2,2-8H3. The van der Waals surface area contributed by atoms with Gasteiger partial charge in [-0.2, -0.15) is 5.26 Å². The smallest absolute Gasteiger partial charge is 0.259 e. The highest BCUT2D eigenvalue weighted by Crippen LogP contribution is 2.46. The summed E-state index contributed by atoms with van der Waals surface area (Å²) >= 11 is 0. The molecule has 0 aromatic heterocycles. The van der Waals surface area contributed by atoms with Gasteiger partial charge in [-0.3, -0.25) is 0 Å². The van der Waals surface area contributed by atoms with Gasteiger partial charge in [0.2, 0.25) is 0 Å². The number of methoxy groups -OCH3 is 2. The van der Waals surface area contributed by atoms with Crippen molar-refractivity contribution in [2.75, 3.05) is 40.6 Å². The fourth-order valence-electron chi connectivity index (χ4n) is 5.16. The Morgan fingerprint density at radius 3 is 1.78 bits per heavy atom. The fraction of sp³-hybridized carbons (Fsp3) is 0.432. The molecular weight excluding hydrogens is 599 g/mol. The van der Waals surface area contributed by atoms with Crippen LogP contribution in [-0.2, 0) is 24.1 Å². The first-order chi connectivity index (χ1) is 22.2. The van der Waals surface area contributed by atoms with Gasteiger partial charge < -0.3 is 28.0 Å². The molecule has 3 rings (SSSR count). The van der Waals surface area contributed by atoms with Crippen molar-refractivity contribution in [3.63, 3.8) is 0 Å². The summed E-state index contributed by atoms with van der Waals surface area (Å²) in [7, 11) is 1.85. The van der Waals surface area contributed by atoms with Crippen LogP contribution >= 0.6 is 8.53 Å². The van der Waals surface area contributed by atoms with E-state index in [1.54, 1.807) is 14.2 Å². The van der Waals surface area contributed by atoms with Crippen LogP contribution in [0.1, 0.15) is 57.7 Å². The van der Waals surface area contributed by atoms with Crippen LogP contribution in [0.4, 0.5) is 0 Å². The van der Waals surface area contributed by atoms with E-state index in [4.69, 9.17) is 33.3 Å². The summed E-state index contributed by atoms with van der Waals surface area (Å²) in [6, 6.07) is 28.5. The van der Waals surface area contributed by atoms with E-state index in [0.29, 0.717) is 6.61 Å². The summed E-state index contributed by atoms with van der Waals surface area (Å²) in [5, 5.41) is 9.13. The van der Waals surface area contributed by atoms with E-state index in [2.05, 4.69) is 57.1 Å². The van der Waals surface area contributed by atoms with Gasteiger partial charge in [-0.05, 0) is 75.6 Å². The van der Waals surface area contributed by atoms with Crippen LogP contribution in [0.25, 0.3) is 0 Å². The van der Waals surface area contributed by atoms with Gasteiger partial charge in [-0.15, -0.1) is 0 Å². The largest absolute Gasteiger partial charge is 0.497 e. The van der Waals surface area contributed by atoms with Gasteiger partial charge in [-0.25, -0.2) is 4.67 Å². The van der Waals surface area contributed by atoms with Crippen molar-refractivity contribution in [1.82, 2.24) is 4.67 Å². The topological polar surface area (TPSA) is 82.4 Å². The van der Waals surface area contributed by atoms with Gasteiger partial charge in [0.15, 0.2) is 0 Å². The molecule has 0 fully saturated rings. The molecule has 0 aliphatic heterocycles. The van der Waals surface area contributed by atoms with Gasteiger partial charge in [-0.1, -0.05) is 66.7 Å². The zero-order valence-electron chi connectivity index (χ0n) is 28.3. The lowest BCUT2D eigenvalue weighted by Gasteiger charge is -2.38. The third-order valence-corrected chi connectivity index (χ3v) is 9.33. The number of hydrogen-bond donors (Lipinski definition) is 0. The number of benzene rings is 3. The Balaban J connectivity index is 2.04. The van der Waals surface area contributed by atoms with Gasteiger partial charge in [0, 0.05) is 12.1 Å². The normalized spacial score (nSPS) is 13.1. The van der Waals surface area contributed by atoms with E-state index in [1.807, 2.05) is 73.7 Å². The number of nitriles is 1. The van der Waals surface area contributed by atoms with Crippen molar-refractivity contribution >= 4 is 8.53 Å². The maximum absolute atomic E-state index is 9.13. The molecule has 0 N–H and O–H groups in total. The lowest BCUT2D eigenvalue weighted by Crippen LogP contribution is -2.38. The molecule has 46 heavy (non-hydrogen) atoms. The van der Waals surface area contributed by atoms with E-state index in [1.165, 1.54) is 0 Å². The number of nitrogens with zero attached hydrogens (tertiary/aromatic N) is 2. The maximum atomic E-state index is 9.13. The van der Waals surface area contributed by atoms with Crippen LogP contribution in [-0.4, -0.2) is 63.5 Å². The van der Waals surface area contributed by atoms with Crippen molar-refractivity contribution in [1.29, 1.82) is 5.26 Å². The minimum atomic E-state index is -1.46. The second-order valence-corrected chi connectivity index (χ2v) is 13.0. The van der Waals surface area contributed by atoms with Crippen LogP contribution in [0.5, 0.6) is 11.5 Å². The average Bonchev–Trinajstić information content (AvgIpc) is 3.06. The lowest BCUT2D eigenvalue weighted by atomic mass is 9.80. The van der Waals surface area contributed by atoms with Crippen LogP contribution in [0, 0.1) is 11.3 Å². The van der Waals surface area contributed by atoms with Crippen molar-refractivity contribution in [2.24, 2.45) is 0 Å². The summed E-state index contributed by atoms with van der Waals surface area (Å²) in [5.74, 6) is 1.50. The Bertz CT molecular complexity index is 1300. The molecule has 0 aliphatic rings. The molecule has 2 unspecified atom stereocenters. The number of rotatable bonds is 20. The molecule has 2 atom stereocenters. The molecule has 8 nitrogen and oxygen atoms in total. The molecule has 3 aromatic carbocycles. The average molecular weight is 649 g/mol. The van der Waals surface area contributed by atoms with Crippen LogP contribution in [0.2, 0.25) is 0 Å². The molecule has 0 spiro atoms. The predicted octanol–water partition coefficient (Wildman–Crippen LogP) is 8.27. The second kappa shape index (κ2) is 18.8. The summed E-state index contributed by atoms with van der Waals surface area (Å²) < 4.78 is 39.3. The first kappa shape index (κ1) is 37.2. The van der Waals surface area contributed by atoms with Crippen LogP contribution in [0.15, 0.2) is 91.0 Å². The molecule has 0 radical (unpaired) electrons. The Morgan fingerprint density at radius 1 is 0.804 bits per heavy atom. The summed E-state index contributed by atoms with van der Waals surface area (Å²) in [6.07, 6.45) is -0.171. The second-order valence-electron chi connectivity index (χ2n) is 11.5. The van der Waals surface area contributed by atoms with Gasteiger partial charge in [0.1, 0.15) is 23.2 Å². The first-order valence-electron chi connectivity index (χ1n) is 15.6.